The van der Waals surface area contributed by atoms with Crippen LogP contribution in [0.4, 0.5) is 10.1 Å². The Bertz CT molecular complexity index is 439. The number of anilines is 1. The molecule has 2 rings (SSSR count). The molecule has 1 fully saturated rings. The monoisotopic (exact) mass is 292 g/mol. The fourth-order valence-electron chi connectivity index (χ4n) is 2.89. The van der Waals surface area contributed by atoms with Crippen molar-refractivity contribution in [3.8, 4) is 0 Å². The molecule has 2 nitrogen and oxygen atoms in total. The summed E-state index contributed by atoms with van der Waals surface area (Å²) in [5, 5.41) is 3.48. The van der Waals surface area contributed by atoms with E-state index < -0.39 is 0 Å². The molecule has 1 N–H and O–H groups in total. The number of nitrogens with zero attached hydrogens (tertiary/aromatic N) is 1. The van der Waals surface area contributed by atoms with Crippen LogP contribution >= 0.6 is 0 Å². The molecule has 0 bridgehead atoms. The van der Waals surface area contributed by atoms with Gasteiger partial charge in [-0.15, -0.1) is 0 Å². The predicted molar refractivity (Wildman–Crippen MR) is 88.3 cm³/mol. The predicted octanol–water partition coefficient (Wildman–Crippen LogP) is 4.51. The van der Waals surface area contributed by atoms with E-state index in [1.807, 2.05) is 6.07 Å². The molecule has 0 amide bonds. The van der Waals surface area contributed by atoms with Crippen LogP contribution in [0.5, 0.6) is 0 Å². The van der Waals surface area contributed by atoms with Gasteiger partial charge in [-0.3, -0.25) is 0 Å². The molecule has 1 aliphatic rings. The lowest BCUT2D eigenvalue weighted by molar-refractivity contribution is 0.495. The van der Waals surface area contributed by atoms with Gasteiger partial charge < -0.3 is 10.2 Å². The molecule has 0 saturated carbocycles. The molecular formula is C18H29FN2. The Balaban J connectivity index is 1.97. The van der Waals surface area contributed by atoms with Gasteiger partial charge in [-0.1, -0.05) is 19.9 Å². The highest BCUT2D eigenvalue weighted by atomic mass is 19.1. The molecule has 0 aromatic heterocycles. The third-order valence-corrected chi connectivity index (χ3v) is 4.34. The first kappa shape index (κ1) is 16.3. The minimum atomic E-state index is -0.0769. The highest BCUT2D eigenvalue weighted by Crippen LogP contribution is 2.26. The summed E-state index contributed by atoms with van der Waals surface area (Å²) < 4.78 is 14.4. The van der Waals surface area contributed by atoms with Crippen LogP contribution in [-0.2, 0) is 0 Å². The van der Waals surface area contributed by atoms with E-state index in [0.29, 0.717) is 5.92 Å². The van der Waals surface area contributed by atoms with Gasteiger partial charge in [-0.2, -0.15) is 0 Å². The molecule has 0 aliphatic carbocycles. The van der Waals surface area contributed by atoms with E-state index in [1.54, 1.807) is 6.07 Å². The molecule has 21 heavy (non-hydrogen) atoms. The van der Waals surface area contributed by atoms with Gasteiger partial charge in [0.1, 0.15) is 5.82 Å². The topological polar surface area (TPSA) is 15.3 Å². The van der Waals surface area contributed by atoms with Gasteiger partial charge in [0, 0.05) is 19.1 Å². The lowest BCUT2D eigenvalue weighted by atomic mass is 10.0. The van der Waals surface area contributed by atoms with Gasteiger partial charge in [0.15, 0.2) is 0 Å². The number of rotatable bonds is 6. The zero-order valence-electron chi connectivity index (χ0n) is 13.7. The van der Waals surface area contributed by atoms with E-state index in [2.05, 4.69) is 37.1 Å². The lowest BCUT2D eigenvalue weighted by Crippen LogP contribution is -2.30. The van der Waals surface area contributed by atoms with Crippen molar-refractivity contribution in [3.05, 3.63) is 29.6 Å². The summed E-state index contributed by atoms with van der Waals surface area (Å²) in [5.74, 6) is 0.620. The summed E-state index contributed by atoms with van der Waals surface area (Å²) in [6.07, 6.45) is 4.77. The van der Waals surface area contributed by atoms with Gasteiger partial charge in [-0.05, 0) is 62.8 Å². The standard InChI is InChI=1S/C18H29FN2/c1-14(2)9-10-20-15(3)16-7-8-18(17(19)13-16)21-11-5-4-6-12-21/h7-8,13-15,20H,4-6,9-12H2,1-3H3/t15-/m1/s1. The third kappa shape index (κ3) is 4.70. The molecule has 1 atom stereocenters. The van der Waals surface area contributed by atoms with Gasteiger partial charge in [0.05, 0.1) is 5.69 Å². The molecule has 1 aromatic rings. The van der Waals surface area contributed by atoms with Crippen molar-refractivity contribution in [3.63, 3.8) is 0 Å². The maximum atomic E-state index is 14.4. The van der Waals surface area contributed by atoms with Crippen LogP contribution in [0.1, 0.15) is 58.1 Å². The van der Waals surface area contributed by atoms with Crippen LogP contribution in [-0.4, -0.2) is 19.6 Å². The molecule has 1 heterocycles. The van der Waals surface area contributed by atoms with Crippen LogP contribution in [0.2, 0.25) is 0 Å². The van der Waals surface area contributed by atoms with Gasteiger partial charge >= 0.3 is 0 Å². The maximum absolute atomic E-state index is 14.4. The Morgan fingerprint density at radius 3 is 2.48 bits per heavy atom. The number of nitrogens with one attached hydrogen (secondary N) is 1. The van der Waals surface area contributed by atoms with Crippen LogP contribution in [0.3, 0.4) is 0 Å². The highest BCUT2D eigenvalue weighted by Gasteiger charge is 2.16. The van der Waals surface area contributed by atoms with E-state index in [1.165, 1.54) is 19.3 Å². The second-order valence-electron chi connectivity index (χ2n) is 6.62. The zero-order chi connectivity index (χ0) is 15.2. The Morgan fingerprint density at radius 2 is 1.86 bits per heavy atom. The molecular weight excluding hydrogens is 263 g/mol. The van der Waals surface area contributed by atoms with E-state index in [4.69, 9.17) is 0 Å². The average molecular weight is 292 g/mol. The van der Waals surface area contributed by atoms with Crippen molar-refractivity contribution in [2.24, 2.45) is 5.92 Å². The lowest BCUT2D eigenvalue weighted by Gasteiger charge is -2.29. The Kier molecular flexibility index (Phi) is 6.04. The minimum Gasteiger partial charge on any atom is -0.369 e. The second kappa shape index (κ2) is 7.79. The van der Waals surface area contributed by atoms with Crippen LogP contribution in [0.25, 0.3) is 0 Å². The summed E-state index contributed by atoms with van der Waals surface area (Å²) in [6.45, 7) is 9.50. The summed E-state index contributed by atoms with van der Waals surface area (Å²) in [5.41, 5.74) is 1.81. The van der Waals surface area contributed by atoms with E-state index in [0.717, 1.165) is 37.3 Å². The van der Waals surface area contributed by atoms with Crippen LogP contribution < -0.4 is 10.2 Å². The summed E-state index contributed by atoms with van der Waals surface area (Å²) in [6, 6.07) is 5.93. The number of hydrogen-bond acceptors (Lipinski definition) is 2. The fourth-order valence-corrected chi connectivity index (χ4v) is 2.89. The van der Waals surface area contributed by atoms with Crippen molar-refractivity contribution in [2.75, 3.05) is 24.5 Å². The number of halogens is 1. The van der Waals surface area contributed by atoms with Gasteiger partial charge in [0.25, 0.3) is 0 Å². The van der Waals surface area contributed by atoms with Crippen molar-refractivity contribution in [1.82, 2.24) is 5.32 Å². The van der Waals surface area contributed by atoms with Gasteiger partial charge in [-0.25, -0.2) is 4.39 Å². The fraction of sp³-hybridized carbons (Fsp3) is 0.667. The van der Waals surface area contributed by atoms with Crippen molar-refractivity contribution >= 4 is 5.69 Å². The Labute approximate surface area is 128 Å². The minimum absolute atomic E-state index is 0.0769. The van der Waals surface area contributed by atoms with Crippen LogP contribution in [0.15, 0.2) is 18.2 Å². The number of hydrogen-bond donors (Lipinski definition) is 1. The normalized spacial score (nSPS) is 17.3. The van der Waals surface area contributed by atoms with Crippen molar-refractivity contribution in [2.45, 2.75) is 52.5 Å². The molecule has 1 saturated heterocycles. The zero-order valence-corrected chi connectivity index (χ0v) is 13.7. The first-order valence-electron chi connectivity index (χ1n) is 8.35. The van der Waals surface area contributed by atoms with Crippen molar-refractivity contribution < 1.29 is 4.39 Å². The van der Waals surface area contributed by atoms with Gasteiger partial charge in [0.2, 0.25) is 0 Å². The summed E-state index contributed by atoms with van der Waals surface area (Å²) >= 11 is 0. The molecule has 1 aliphatic heterocycles. The molecule has 0 radical (unpaired) electrons. The smallest absolute Gasteiger partial charge is 0.146 e. The largest absolute Gasteiger partial charge is 0.369 e. The number of piperidine rings is 1. The first-order chi connectivity index (χ1) is 10.1. The first-order valence-corrected chi connectivity index (χ1v) is 8.35. The average Bonchev–Trinajstić information content (AvgIpc) is 2.47. The highest BCUT2D eigenvalue weighted by molar-refractivity contribution is 5.49. The Morgan fingerprint density at radius 1 is 1.14 bits per heavy atom. The summed E-state index contributed by atoms with van der Waals surface area (Å²) in [4.78, 5) is 2.18. The summed E-state index contributed by atoms with van der Waals surface area (Å²) in [7, 11) is 0. The van der Waals surface area contributed by atoms with E-state index in [9.17, 15) is 4.39 Å². The molecule has 0 unspecified atom stereocenters. The SMILES string of the molecule is CC(C)CCN[C@H](C)c1ccc(N2CCCCC2)c(F)c1. The molecule has 3 heteroatoms. The number of benzene rings is 1. The maximum Gasteiger partial charge on any atom is 0.146 e. The Hall–Kier alpha value is -1.09. The molecule has 118 valence electrons. The molecule has 1 aromatic carbocycles. The van der Waals surface area contributed by atoms with Crippen molar-refractivity contribution in [1.29, 1.82) is 0 Å². The molecule has 0 spiro atoms. The van der Waals surface area contributed by atoms with Crippen LogP contribution in [0, 0.1) is 11.7 Å². The van der Waals surface area contributed by atoms with E-state index in [-0.39, 0.29) is 11.9 Å². The van der Waals surface area contributed by atoms with E-state index >= 15 is 0 Å². The quantitative estimate of drug-likeness (QED) is 0.829. The third-order valence-electron chi connectivity index (χ3n) is 4.34. The second-order valence-corrected chi connectivity index (χ2v) is 6.62.